The fourth-order valence-corrected chi connectivity index (χ4v) is 2.75. The summed E-state index contributed by atoms with van der Waals surface area (Å²) in [5, 5.41) is 11.6. The lowest BCUT2D eigenvalue weighted by atomic mass is 10.0. The summed E-state index contributed by atoms with van der Waals surface area (Å²) in [6.07, 6.45) is 5.66. The lowest BCUT2D eigenvalue weighted by molar-refractivity contribution is 0.478. The van der Waals surface area contributed by atoms with Crippen molar-refractivity contribution in [1.82, 2.24) is 25.3 Å². The first-order chi connectivity index (χ1) is 9.22. The van der Waals surface area contributed by atoms with Crippen molar-refractivity contribution in [2.45, 2.75) is 25.8 Å². The Balaban J connectivity index is 2.09. The Hall–Kier alpha value is -1.27. The molecular formula is C13H18BrN5. The van der Waals surface area contributed by atoms with Gasteiger partial charge in [0.25, 0.3) is 0 Å². The van der Waals surface area contributed by atoms with Crippen molar-refractivity contribution in [1.29, 1.82) is 0 Å². The third kappa shape index (κ3) is 3.61. The Morgan fingerprint density at radius 1 is 1.37 bits per heavy atom. The molecule has 0 fully saturated rings. The molecule has 0 aromatic carbocycles. The molecule has 2 aromatic rings. The highest BCUT2D eigenvalue weighted by molar-refractivity contribution is 9.10. The predicted molar refractivity (Wildman–Crippen MR) is 77.7 cm³/mol. The molecule has 5 nitrogen and oxygen atoms in total. The number of pyridine rings is 1. The highest BCUT2D eigenvalue weighted by Crippen LogP contribution is 2.24. The number of rotatable bonds is 6. The van der Waals surface area contributed by atoms with Crippen LogP contribution in [-0.2, 0) is 13.5 Å². The summed E-state index contributed by atoms with van der Waals surface area (Å²) >= 11 is 3.47. The highest BCUT2D eigenvalue weighted by Gasteiger charge is 2.19. The lowest BCUT2D eigenvalue weighted by Crippen LogP contribution is -2.24. The Kier molecular flexibility index (Phi) is 5.04. The van der Waals surface area contributed by atoms with Gasteiger partial charge in [-0.25, -0.2) is 4.68 Å². The Morgan fingerprint density at radius 3 is 2.68 bits per heavy atom. The molecular weight excluding hydrogens is 306 g/mol. The normalized spacial score (nSPS) is 12.6. The lowest BCUT2D eigenvalue weighted by Gasteiger charge is -2.18. The average Bonchev–Trinajstić information content (AvgIpc) is 2.76. The minimum absolute atomic E-state index is 0.243. The maximum atomic E-state index is 4.05. The van der Waals surface area contributed by atoms with Crippen LogP contribution in [0.15, 0.2) is 29.1 Å². The number of hydrogen-bond donors (Lipinski definition) is 1. The van der Waals surface area contributed by atoms with Gasteiger partial charge >= 0.3 is 0 Å². The van der Waals surface area contributed by atoms with E-state index < -0.39 is 0 Å². The average molecular weight is 324 g/mol. The van der Waals surface area contributed by atoms with Crippen LogP contribution in [0.2, 0.25) is 0 Å². The summed E-state index contributed by atoms with van der Waals surface area (Å²) in [5.74, 6) is 0. The third-order valence-corrected chi connectivity index (χ3v) is 3.64. The zero-order chi connectivity index (χ0) is 13.7. The van der Waals surface area contributed by atoms with Gasteiger partial charge in [-0.15, -0.1) is 5.10 Å². The first kappa shape index (κ1) is 14.1. The van der Waals surface area contributed by atoms with Gasteiger partial charge < -0.3 is 5.32 Å². The molecule has 0 aliphatic heterocycles. The second kappa shape index (κ2) is 6.77. The number of nitrogens with zero attached hydrogens (tertiary/aromatic N) is 4. The maximum Gasteiger partial charge on any atom is 0.153 e. The van der Waals surface area contributed by atoms with E-state index in [4.69, 9.17) is 0 Å². The van der Waals surface area contributed by atoms with E-state index in [1.54, 1.807) is 0 Å². The van der Waals surface area contributed by atoms with E-state index in [0.29, 0.717) is 0 Å². The van der Waals surface area contributed by atoms with Gasteiger partial charge in [-0.05, 0) is 53.0 Å². The standard InChI is InChI=1S/C13H18BrN5/c1-3-16-11(12-13(14)17-18-19(12)2)5-4-10-6-8-15-9-7-10/h6-9,11,16H,3-5H2,1-2H3. The van der Waals surface area contributed by atoms with Crippen LogP contribution >= 0.6 is 15.9 Å². The van der Waals surface area contributed by atoms with Crippen molar-refractivity contribution in [3.63, 3.8) is 0 Å². The number of aromatic nitrogens is 4. The SMILES string of the molecule is CCNC(CCc1ccncc1)c1c(Br)nnn1C. The van der Waals surface area contributed by atoms with Crippen molar-refractivity contribution in [3.05, 3.63) is 40.4 Å². The van der Waals surface area contributed by atoms with Crippen molar-refractivity contribution in [2.24, 2.45) is 7.05 Å². The third-order valence-electron chi connectivity index (χ3n) is 3.08. The maximum absolute atomic E-state index is 4.05. The van der Waals surface area contributed by atoms with Crippen molar-refractivity contribution in [2.75, 3.05) is 6.54 Å². The quantitative estimate of drug-likeness (QED) is 0.885. The molecule has 102 valence electrons. The summed E-state index contributed by atoms with van der Waals surface area (Å²) in [6.45, 7) is 3.02. The minimum atomic E-state index is 0.243. The van der Waals surface area contributed by atoms with Crippen LogP contribution in [0, 0.1) is 0 Å². The highest BCUT2D eigenvalue weighted by atomic mass is 79.9. The molecule has 2 heterocycles. The van der Waals surface area contributed by atoms with Gasteiger partial charge in [0.1, 0.15) is 0 Å². The largest absolute Gasteiger partial charge is 0.309 e. The first-order valence-corrected chi connectivity index (χ1v) is 7.19. The van der Waals surface area contributed by atoms with E-state index in [1.807, 2.05) is 24.1 Å². The molecule has 1 unspecified atom stereocenters. The van der Waals surface area contributed by atoms with Crippen LogP contribution in [0.1, 0.15) is 30.6 Å². The fourth-order valence-electron chi connectivity index (χ4n) is 2.15. The molecule has 2 rings (SSSR count). The van der Waals surface area contributed by atoms with Gasteiger partial charge in [-0.2, -0.15) is 0 Å². The topological polar surface area (TPSA) is 55.6 Å². The molecule has 0 spiro atoms. The van der Waals surface area contributed by atoms with Gasteiger partial charge in [-0.1, -0.05) is 12.1 Å². The second-order valence-corrected chi connectivity index (χ2v) is 5.14. The van der Waals surface area contributed by atoms with Gasteiger partial charge in [0.2, 0.25) is 0 Å². The molecule has 1 N–H and O–H groups in total. The molecule has 0 saturated carbocycles. The summed E-state index contributed by atoms with van der Waals surface area (Å²) in [4.78, 5) is 4.04. The van der Waals surface area contributed by atoms with Crippen LogP contribution < -0.4 is 5.32 Å². The van der Waals surface area contributed by atoms with E-state index in [9.17, 15) is 0 Å². The minimum Gasteiger partial charge on any atom is -0.309 e. The number of nitrogens with one attached hydrogen (secondary N) is 1. The van der Waals surface area contributed by atoms with Gasteiger partial charge in [-0.3, -0.25) is 4.98 Å². The smallest absolute Gasteiger partial charge is 0.153 e. The summed E-state index contributed by atoms with van der Waals surface area (Å²) in [7, 11) is 1.92. The molecule has 0 aliphatic rings. The van der Waals surface area contributed by atoms with Crippen molar-refractivity contribution < 1.29 is 0 Å². The fraction of sp³-hybridized carbons (Fsp3) is 0.462. The monoisotopic (exact) mass is 323 g/mol. The van der Waals surface area contributed by atoms with Crippen molar-refractivity contribution in [3.8, 4) is 0 Å². The van der Waals surface area contributed by atoms with Gasteiger partial charge in [0.15, 0.2) is 4.60 Å². The molecule has 0 amide bonds. The summed E-state index contributed by atoms with van der Waals surface area (Å²) in [6, 6.07) is 4.35. The van der Waals surface area contributed by atoms with E-state index >= 15 is 0 Å². The molecule has 6 heteroatoms. The number of halogens is 1. The van der Waals surface area contributed by atoms with E-state index in [0.717, 1.165) is 29.7 Å². The predicted octanol–water partition coefficient (Wildman–Crippen LogP) is 2.26. The Labute approximate surface area is 121 Å². The molecule has 0 radical (unpaired) electrons. The Morgan fingerprint density at radius 2 is 2.11 bits per heavy atom. The molecule has 0 saturated heterocycles. The molecule has 1 atom stereocenters. The van der Waals surface area contributed by atoms with Crippen LogP contribution in [0.4, 0.5) is 0 Å². The zero-order valence-corrected chi connectivity index (χ0v) is 12.8. The van der Waals surface area contributed by atoms with Crippen LogP contribution in [0.5, 0.6) is 0 Å². The van der Waals surface area contributed by atoms with E-state index in [-0.39, 0.29) is 6.04 Å². The van der Waals surface area contributed by atoms with Crippen LogP contribution in [0.3, 0.4) is 0 Å². The van der Waals surface area contributed by atoms with Crippen molar-refractivity contribution >= 4 is 15.9 Å². The van der Waals surface area contributed by atoms with E-state index in [1.165, 1.54) is 5.56 Å². The first-order valence-electron chi connectivity index (χ1n) is 6.39. The molecule has 0 aliphatic carbocycles. The van der Waals surface area contributed by atoms with Crippen LogP contribution in [-0.4, -0.2) is 26.5 Å². The second-order valence-electron chi connectivity index (χ2n) is 4.39. The van der Waals surface area contributed by atoms with Gasteiger partial charge in [0.05, 0.1) is 11.7 Å². The zero-order valence-electron chi connectivity index (χ0n) is 11.2. The van der Waals surface area contributed by atoms with Gasteiger partial charge in [0, 0.05) is 19.4 Å². The number of hydrogen-bond acceptors (Lipinski definition) is 4. The van der Waals surface area contributed by atoms with Crippen LogP contribution in [0.25, 0.3) is 0 Å². The summed E-state index contributed by atoms with van der Waals surface area (Å²) < 4.78 is 2.64. The molecule has 2 aromatic heterocycles. The number of aryl methyl sites for hydroxylation is 2. The molecule has 19 heavy (non-hydrogen) atoms. The van der Waals surface area contributed by atoms with E-state index in [2.05, 4.69) is 55.6 Å². The Bertz CT molecular complexity index is 492. The summed E-state index contributed by atoms with van der Waals surface area (Å²) in [5.41, 5.74) is 2.39. The molecule has 0 bridgehead atoms.